The van der Waals surface area contributed by atoms with Crippen LogP contribution in [0.15, 0.2) is 24.3 Å². The highest BCUT2D eigenvalue weighted by molar-refractivity contribution is 5.76. The van der Waals surface area contributed by atoms with Crippen LogP contribution in [-0.2, 0) is 16.0 Å². The van der Waals surface area contributed by atoms with Crippen LogP contribution in [0.1, 0.15) is 12.0 Å². The van der Waals surface area contributed by atoms with Crippen molar-refractivity contribution in [3.05, 3.63) is 35.6 Å². The molecule has 19 heavy (non-hydrogen) atoms. The van der Waals surface area contributed by atoms with Crippen LogP contribution in [0.4, 0.5) is 4.39 Å². The number of carbonyl (C=O) groups is 1. The molecule has 0 spiro atoms. The third-order valence-corrected chi connectivity index (χ3v) is 3.48. The number of benzene rings is 1. The largest absolute Gasteiger partial charge is 0.468 e. The Balaban J connectivity index is 1.98. The molecule has 0 aliphatic carbocycles. The average Bonchev–Trinajstić information content (AvgIpc) is 2.78. The highest BCUT2D eigenvalue weighted by Gasteiger charge is 2.36. The van der Waals surface area contributed by atoms with Gasteiger partial charge in [-0.05, 0) is 18.1 Å². The second-order valence-electron chi connectivity index (χ2n) is 4.76. The highest BCUT2D eigenvalue weighted by atomic mass is 19.1. The number of carbonyl (C=O) groups excluding carboxylic acids is 1. The lowest BCUT2D eigenvalue weighted by Gasteiger charge is -2.21. The molecule has 1 aliphatic rings. The molecule has 1 aromatic carbocycles. The number of hydrogen-bond acceptors (Lipinski definition) is 4. The molecule has 0 aromatic heterocycles. The van der Waals surface area contributed by atoms with Crippen LogP contribution in [0.5, 0.6) is 0 Å². The van der Waals surface area contributed by atoms with Crippen molar-refractivity contribution in [2.75, 3.05) is 20.2 Å². The lowest BCUT2D eigenvalue weighted by molar-refractivity contribution is -0.145. The van der Waals surface area contributed by atoms with Crippen molar-refractivity contribution in [3.63, 3.8) is 0 Å². The van der Waals surface area contributed by atoms with Crippen molar-refractivity contribution in [1.29, 1.82) is 0 Å². The molecular formula is C14H18FNO3. The number of rotatable bonds is 4. The Morgan fingerprint density at radius 3 is 2.95 bits per heavy atom. The van der Waals surface area contributed by atoms with E-state index >= 15 is 0 Å². The Hall–Kier alpha value is -1.46. The molecule has 1 fully saturated rings. The third-order valence-electron chi connectivity index (χ3n) is 3.48. The smallest absolute Gasteiger partial charge is 0.323 e. The monoisotopic (exact) mass is 267 g/mol. The minimum atomic E-state index is -0.523. The fourth-order valence-corrected chi connectivity index (χ4v) is 2.47. The van der Waals surface area contributed by atoms with Crippen LogP contribution in [0.2, 0.25) is 0 Å². The van der Waals surface area contributed by atoms with Gasteiger partial charge in [-0.3, -0.25) is 9.69 Å². The van der Waals surface area contributed by atoms with Gasteiger partial charge in [0.15, 0.2) is 0 Å². The van der Waals surface area contributed by atoms with Gasteiger partial charge in [0, 0.05) is 19.5 Å². The molecule has 0 amide bonds. The molecular weight excluding hydrogens is 249 g/mol. The first-order valence-electron chi connectivity index (χ1n) is 6.35. The molecule has 1 N–H and O–H groups in total. The molecule has 1 heterocycles. The van der Waals surface area contributed by atoms with Gasteiger partial charge in [0.1, 0.15) is 11.9 Å². The number of likely N-dealkylation sites (tertiary alicyclic amines) is 1. The molecule has 104 valence electrons. The Labute approximate surface area is 111 Å². The summed E-state index contributed by atoms with van der Waals surface area (Å²) < 4.78 is 18.2. The number of esters is 1. The molecule has 1 saturated heterocycles. The van der Waals surface area contributed by atoms with Crippen LogP contribution in [0, 0.1) is 5.82 Å². The number of aliphatic hydroxyl groups is 1. The summed E-state index contributed by atoms with van der Waals surface area (Å²) >= 11 is 0. The second-order valence-corrected chi connectivity index (χ2v) is 4.76. The molecule has 4 nitrogen and oxygen atoms in total. The maximum atomic E-state index is 13.5. The predicted octanol–water partition coefficient (Wildman–Crippen LogP) is 0.976. The van der Waals surface area contributed by atoms with Crippen LogP contribution in [0.3, 0.4) is 0 Å². The van der Waals surface area contributed by atoms with E-state index in [1.807, 2.05) is 4.90 Å². The average molecular weight is 267 g/mol. The van der Waals surface area contributed by atoms with Crippen molar-refractivity contribution >= 4 is 5.97 Å². The third kappa shape index (κ3) is 3.30. The number of methoxy groups -OCH3 is 1. The van der Waals surface area contributed by atoms with Gasteiger partial charge in [-0.15, -0.1) is 0 Å². The zero-order valence-electron chi connectivity index (χ0n) is 10.9. The highest BCUT2D eigenvalue weighted by Crippen LogP contribution is 2.20. The first kappa shape index (κ1) is 14.0. The molecule has 2 rings (SSSR count). The van der Waals surface area contributed by atoms with Gasteiger partial charge in [0.05, 0.1) is 13.2 Å². The minimum Gasteiger partial charge on any atom is -0.468 e. The van der Waals surface area contributed by atoms with Gasteiger partial charge in [-0.25, -0.2) is 4.39 Å². The molecule has 0 bridgehead atoms. The summed E-state index contributed by atoms with van der Waals surface area (Å²) in [5, 5.41) is 9.64. The van der Waals surface area contributed by atoms with E-state index in [-0.39, 0.29) is 11.8 Å². The first-order valence-corrected chi connectivity index (χ1v) is 6.35. The first-order chi connectivity index (χ1) is 9.11. The quantitative estimate of drug-likeness (QED) is 0.826. The Bertz CT molecular complexity index is 452. The predicted molar refractivity (Wildman–Crippen MR) is 68.1 cm³/mol. The lowest BCUT2D eigenvalue weighted by Crippen LogP contribution is -2.38. The molecule has 1 aliphatic heterocycles. The van der Waals surface area contributed by atoms with Crippen LogP contribution >= 0.6 is 0 Å². The van der Waals surface area contributed by atoms with E-state index in [4.69, 9.17) is 4.74 Å². The molecule has 0 radical (unpaired) electrons. The summed E-state index contributed by atoms with van der Waals surface area (Å²) in [6.45, 7) is 0.950. The number of halogens is 1. The Morgan fingerprint density at radius 1 is 1.53 bits per heavy atom. The summed E-state index contributed by atoms with van der Waals surface area (Å²) in [5.41, 5.74) is 0.618. The fraction of sp³-hybridized carbons (Fsp3) is 0.500. The van der Waals surface area contributed by atoms with Gasteiger partial charge in [-0.2, -0.15) is 0 Å². The zero-order valence-corrected chi connectivity index (χ0v) is 10.9. The van der Waals surface area contributed by atoms with E-state index in [0.717, 1.165) is 0 Å². The van der Waals surface area contributed by atoms with Gasteiger partial charge < -0.3 is 9.84 Å². The number of β-amino-alcohol motifs (C(OH)–C–C–N with tert-alkyl or cyclic N) is 1. The topological polar surface area (TPSA) is 49.8 Å². The SMILES string of the molecule is COC(=O)[C@@H]1C[C@H](O)CN1CCc1ccccc1F. The van der Waals surface area contributed by atoms with Crippen LogP contribution in [0.25, 0.3) is 0 Å². The summed E-state index contributed by atoms with van der Waals surface area (Å²) in [7, 11) is 1.34. The number of aliphatic hydroxyl groups excluding tert-OH is 1. The Morgan fingerprint density at radius 2 is 2.26 bits per heavy atom. The van der Waals surface area contributed by atoms with Crippen molar-refractivity contribution in [3.8, 4) is 0 Å². The van der Waals surface area contributed by atoms with Crippen LogP contribution in [-0.4, -0.2) is 48.3 Å². The summed E-state index contributed by atoms with van der Waals surface area (Å²) in [4.78, 5) is 13.4. The fourth-order valence-electron chi connectivity index (χ4n) is 2.47. The molecule has 2 atom stereocenters. The number of hydrogen-bond donors (Lipinski definition) is 1. The lowest BCUT2D eigenvalue weighted by atomic mass is 10.1. The van der Waals surface area contributed by atoms with Crippen molar-refractivity contribution < 1.29 is 19.0 Å². The Kier molecular flexibility index (Phi) is 4.50. The molecule has 0 unspecified atom stereocenters. The molecule has 0 saturated carbocycles. The second kappa shape index (κ2) is 6.12. The maximum Gasteiger partial charge on any atom is 0.323 e. The van der Waals surface area contributed by atoms with E-state index in [1.165, 1.54) is 13.2 Å². The normalized spacial score (nSPS) is 23.5. The van der Waals surface area contributed by atoms with Crippen molar-refractivity contribution in [2.24, 2.45) is 0 Å². The maximum absolute atomic E-state index is 13.5. The van der Waals surface area contributed by atoms with Gasteiger partial charge >= 0.3 is 5.97 Å². The van der Waals surface area contributed by atoms with E-state index in [1.54, 1.807) is 18.2 Å². The van der Waals surface area contributed by atoms with E-state index in [9.17, 15) is 14.3 Å². The standard InChI is InChI=1S/C14H18FNO3/c1-19-14(18)13-8-11(17)9-16(13)7-6-10-4-2-3-5-12(10)15/h2-5,11,13,17H,6-9H2,1H3/t11-,13-/m0/s1. The van der Waals surface area contributed by atoms with E-state index < -0.39 is 12.1 Å². The van der Waals surface area contributed by atoms with Crippen molar-refractivity contribution in [1.82, 2.24) is 4.90 Å². The van der Waals surface area contributed by atoms with E-state index in [2.05, 4.69) is 0 Å². The summed E-state index contributed by atoms with van der Waals surface area (Å²) in [6.07, 6.45) is 0.362. The van der Waals surface area contributed by atoms with E-state index in [0.29, 0.717) is 31.5 Å². The van der Waals surface area contributed by atoms with Crippen LogP contribution < -0.4 is 0 Å². The van der Waals surface area contributed by atoms with Gasteiger partial charge in [0.25, 0.3) is 0 Å². The van der Waals surface area contributed by atoms with Gasteiger partial charge in [0.2, 0.25) is 0 Å². The zero-order chi connectivity index (χ0) is 13.8. The summed E-state index contributed by atoms with van der Waals surface area (Å²) in [6, 6.07) is 6.16. The summed E-state index contributed by atoms with van der Waals surface area (Å²) in [5.74, 6) is -0.582. The molecule has 1 aromatic rings. The minimum absolute atomic E-state index is 0.239. The van der Waals surface area contributed by atoms with Gasteiger partial charge in [-0.1, -0.05) is 18.2 Å². The number of nitrogens with zero attached hydrogens (tertiary/aromatic N) is 1. The van der Waals surface area contributed by atoms with Crippen molar-refractivity contribution in [2.45, 2.75) is 25.0 Å². The molecule has 5 heteroatoms. The number of ether oxygens (including phenoxy) is 1.